The number of aromatic nitrogens is 2. The van der Waals surface area contributed by atoms with Gasteiger partial charge in [-0.3, -0.25) is 4.68 Å². The number of ether oxygens (including phenoxy) is 1. The molecule has 1 aromatic heterocycles. The van der Waals surface area contributed by atoms with E-state index in [0.717, 1.165) is 12.1 Å². The number of nitrogens with one attached hydrogen (secondary N) is 1. The molecule has 122 valence electrons. The van der Waals surface area contributed by atoms with E-state index in [1.54, 1.807) is 10.9 Å². The second-order valence-corrected chi connectivity index (χ2v) is 5.07. The number of rotatable bonds is 9. The number of alkyl halides is 3. The zero-order chi connectivity index (χ0) is 15.9. The monoisotopic (exact) mass is 327 g/mol. The van der Waals surface area contributed by atoms with Crippen molar-refractivity contribution in [1.82, 2.24) is 15.1 Å². The molecule has 21 heavy (non-hydrogen) atoms. The molecular formula is C13H21ClF3N3O. The molecule has 1 heterocycles. The summed E-state index contributed by atoms with van der Waals surface area (Å²) >= 11 is 6.15. The zero-order valence-corrected chi connectivity index (χ0v) is 13.0. The Labute approximate surface area is 127 Å². The van der Waals surface area contributed by atoms with Crippen LogP contribution in [0.5, 0.6) is 0 Å². The average Bonchev–Trinajstić information content (AvgIpc) is 2.74. The second-order valence-electron chi connectivity index (χ2n) is 4.67. The van der Waals surface area contributed by atoms with Crippen LogP contribution in [0.3, 0.4) is 0 Å². The fourth-order valence-electron chi connectivity index (χ4n) is 2.08. The molecule has 0 radical (unpaired) electrons. The van der Waals surface area contributed by atoms with Gasteiger partial charge in [-0.1, -0.05) is 25.4 Å². The van der Waals surface area contributed by atoms with Gasteiger partial charge in [0.25, 0.3) is 0 Å². The van der Waals surface area contributed by atoms with Crippen molar-refractivity contribution in [2.45, 2.75) is 45.5 Å². The van der Waals surface area contributed by atoms with Gasteiger partial charge in [0.15, 0.2) is 0 Å². The van der Waals surface area contributed by atoms with Gasteiger partial charge in [-0.05, 0) is 19.4 Å². The minimum atomic E-state index is -4.30. The average molecular weight is 328 g/mol. The largest absolute Gasteiger partial charge is 0.411 e. The number of nitrogens with zero attached hydrogens (tertiary/aromatic N) is 2. The molecule has 0 spiro atoms. The second kappa shape index (κ2) is 8.60. The molecule has 8 heteroatoms. The van der Waals surface area contributed by atoms with E-state index in [1.165, 1.54) is 0 Å². The predicted octanol–water partition coefficient (Wildman–Crippen LogP) is 3.57. The quantitative estimate of drug-likeness (QED) is 0.705. The van der Waals surface area contributed by atoms with Crippen LogP contribution in [0, 0.1) is 0 Å². The van der Waals surface area contributed by atoms with Gasteiger partial charge in [-0.2, -0.15) is 18.3 Å². The van der Waals surface area contributed by atoms with E-state index in [0.29, 0.717) is 24.5 Å². The Morgan fingerprint density at radius 2 is 2.14 bits per heavy atom. The molecule has 1 atom stereocenters. The highest BCUT2D eigenvalue weighted by Gasteiger charge is 2.27. The Morgan fingerprint density at radius 3 is 2.71 bits per heavy atom. The van der Waals surface area contributed by atoms with Gasteiger partial charge in [-0.25, -0.2) is 0 Å². The molecule has 0 aliphatic heterocycles. The fourth-order valence-corrected chi connectivity index (χ4v) is 2.35. The molecule has 4 nitrogen and oxygen atoms in total. The fraction of sp³-hybridized carbons (Fsp3) is 0.769. The molecule has 1 rings (SSSR count). The van der Waals surface area contributed by atoms with Crippen LogP contribution in [0.2, 0.25) is 5.02 Å². The molecule has 0 saturated carbocycles. The van der Waals surface area contributed by atoms with Crippen LogP contribution < -0.4 is 5.32 Å². The van der Waals surface area contributed by atoms with Gasteiger partial charge >= 0.3 is 6.18 Å². The topological polar surface area (TPSA) is 39.1 Å². The lowest BCUT2D eigenvalue weighted by Gasteiger charge is -2.20. The van der Waals surface area contributed by atoms with Crippen molar-refractivity contribution in [3.8, 4) is 0 Å². The van der Waals surface area contributed by atoms with E-state index in [-0.39, 0.29) is 12.6 Å². The van der Waals surface area contributed by atoms with Crippen molar-refractivity contribution in [2.75, 3.05) is 19.8 Å². The molecular weight excluding hydrogens is 307 g/mol. The highest BCUT2D eigenvalue weighted by Crippen LogP contribution is 2.26. The lowest BCUT2D eigenvalue weighted by Crippen LogP contribution is -2.26. The van der Waals surface area contributed by atoms with Gasteiger partial charge in [0.05, 0.1) is 23.0 Å². The van der Waals surface area contributed by atoms with Gasteiger partial charge in [0, 0.05) is 13.2 Å². The molecule has 0 aliphatic carbocycles. The summed E-state index contributed by atoms with van der Waals surface area (Å²) in [5.41, 5.74) is 0.802. The Bertz CT molecular complexity index is 423. The molecule has 1 N–H and O–H groups in total. The Balaban J connectivity index is 2.66. The van der Waals surface area contributed by atoms with Gasteiger partial charge in [0.2, 0.25) is 0 Å². The zero-order valence-electron chi connectivity index (χ0n) is 12.2. The SMILES string of the molecule is CCCn1ncc(Cl)c1C(CCOCC(F)(F)F)NCC. The Hall–Kier alpha value is -0.790. The van der Waals surface area contributed by atoms with E-state index < -0.39 is 12.8 Å². The molecule has 0 aliphatic rings. The standard InChI is InChI=1S/C13H21ClF3N3O/c1-3-6-20-12(10(14)8-19-20)11(18-4-2)5-7-21-9-13(15,16)17/h8,11,18H,3-7,9H2,1-2H3. The highest BCUT2D eigenvalue weighted by molar-refractivity contribution is 6.31. The summed E-state index contributed by atoms with van der Waals surface area (Å²) in [4.78, 5) is 0. The summed E-state index contributed by atoms with van der Waals surface area (Å²) in [5, 5.41) is 7.93. The summed E-state index contributed by atoms with van der Waals surface area (Å²) in [7, 11) is 0. The maximum atomic E-state index is 12.1. The number of hydrogen-bond acceptors (Lipinski definition) is 3. The van der Waals surface area contributed by atoms with Crippen LogP contribution in [0.4, 0.5) is 13.2 Å². The van der Waals surface area contributed by atoms with Crippen LogP contribution >= 0.6 is 11.6 Å². The lowest BCUT2D eigenvalue weighted by molar-refractivity contribution is -0.174. The summed E-state index contributed by atoms with van der Waals surface area (Å²) in [6.07, 6.45) is -1.43. The first-order valence-electron chi connectivity index (χ1n) is 6.98. The van der Waals surface area contributed by atoms with E-state index in [4.69, 9.17) is 11.6 Å². The Morgan fingerprint density at radius 1 is 1.43 bits per heavy atom. The van der Waals surface area contributed by atoms with Crippen LogP contribution in [-0.2, 0) is 11.3 Å². The highest BCUT2D eigenvalue weighted by atomic mass is 35.5. The summed E-state index contributed by atoms with van der Waals surface area (Å²) < 4.78 is 42.6. The van der Waals surface area contributed by atoms with Crippen molar-refractivity contribution < 1.29 is 17.9 Å². The molecule has 1 unspecified atom stereocenters. The van der Waals surface area contributed by atoms with Gasteiger partial charge in [-0.15, -0.1) is 0 Å². The maximum absolute atomic E-state index is 12.1. The van der Waals surface area contributed by atoms with E-state index in [2.05, 4.69) is 15.2 Å². The molecule has 1 aromatic rings. The van der Waals surface area contributed by atoms with Crippen LogP contribution in [-0.4, -0.2) is 35.7 Å². The van der Waals surface area contributed by atoms with Crippen LogP contribution in [0.1, 0.15) is 38.4 Å². The van der Waals surface area contributed by atoms with Crippen molar-refractivity contribution in [1.29, 1.82) is 0 Å². The lowest BCUT2D eigenvalue weighted by atomic mass is 10.1. The van der Waals surface area contributed by atoms with E-state index >= 15 is 0 Å². The third-order valence-corrected chi connectivity index (χ3v) is 3.16. The molecule has 0 bridgehead atoms. The third-order valence-electron chi connectivity index (χ3n) is 2.87. The van der Waals surface area contributed by atoms with Crippen molar-refractivity contribution >= 4 is 11.6 Å². The minimum absolute atomic E-state index is 0.00477. The third kappa shape index (κ3) is 6.23. The van der Waals surface area contributed by atoms with Crippen molar-refractivity contribution in [2.24, 2.45) is 0 Å². The van der Waals surface area contributed by atoms with Gasteiger partial charge in [0.1, 0.15) is 6.61 Å². The summed E-state index contributed by atoms with van der Waals surface area (Å²) in [6.45, 7) is 4.12. The van der Waals surface area contributed by atoms with Crippen molar-refractivity contribution in [3.63, 3.8) is 0 Å². The molecule has 0 fully saturated rings. The van der Waals surface area contributed by atoms with E-state index in [9.17, 15) is 13.2 Å². The van der Waals surface area contributed by atoms with Gasteiger partial charge < -0.3 is 10.1 Å². The minimum Gasteiger partial charge on any atom is -0.372 e. The van der Waals surface area contributed by atoms with Crippen LogP contribution in [0.15, 0.2) is 6.20 Å². The first-order valence-corrected chi connectivity index (χ1v) is 7.35. The van der Waals surface area contributed by atoms with Crippen molar-refractivity contribution in [3.05, 3.63) is 16.9 Å². The summed E-state index contributed by atoms with van der Waals surface area (Å²) in [6, 6.07) is -0.176. The Kier molecular flexibility index (Phi) is 7.48. The first-order chi connectivity index (χ1) is 9.89. The summed E-state index contributed by atoms with van der Waals surface area (Å²) in [5.74, 6) is 0. The molecule has 0 amide bonds. The first kappa shape index (κ1) is 18.3. The maximum Gasteiger partial charge on any atom is 0.411 e. The predicted molar refractivity (Wildman–Crippen MR) is 75.4 cm³/mol. The number of aryl methyl sites for hydroxylation is 1. The normalized spacial score (nSPS) is 13.6. The molecule has 0 aromatic carbocycles. The number of halogens is 4. The molecule has 0 saturated heterocycles. The van der Waals surface area contributed by atoms with Crippen LogP contribution in [0.25, 0.3) is 0 Å². The van der Waals surface area contributed by atoms with E-state index in [1.807, 2.05) is 13.8 Å². The smallest absolute Gasteiger partial charge is 0.372 e. The number of hydrogen-bond donors (Lipinski definition) is 1.